The van der Waals surface area contributed by atoms with Gasteiger partial charge in [-0.2, -0.15) is 0 Å². The van der Waals surface area contributed by atoms with Crippen molar-refractivity contribution in [2.24, 2.45) is 0 Å². The van der Waals surface area contributed by atoms with Crippen LogP contribution in [0.15, 0.2) is 24.4 Å². The molecule has 16 heavy (non-hydrogen) atoms. The molecule has 0 bridgehead atoms. The molecule has 0 saturated heterocycles. The van der Waals surface area contributed by atoms with Crippen molar-refractivity contribution in [2.75, 3.05) is 7.11 Å². The summed E-state index contributed by atoms with van der Waals surface area (Å²) >= 11 is 0. The number of aromatic amines is 1. The minimum atomic E-state index is -0.481. The van der Waals surface area contributed by atoms with Crippen LogP contribution in [0.1, 0.15) is 16.3 Å². The summed E-state index contributed by atoms with van der Waals surface area (Å²) < 4.78 is 4.59. The van der Waals surface area contributed by atoms with Crippen molar-refractivity contribution in [3.05, 3.63) is 35.9 Å². The lowest BCUT2D eigenvalue weighted by Crippen LogP contribution is -2.03. The molecule has 0 spiro atoms. The van der Waals surface area contributed by atoms with Crippen molar-refractivity contribution in [3.8, 4) is 11.4 Å². The Kier molecular flexibility index (Phi) is 2.68. The molecule has 5 nitrogen and oxygen atoms in total. The quantitative estimate of drug-likeness (QED) is 0.775. The van der Waals surface area contributed by atoms with Gasteiger partial charge in [0.15, 0.2) is 0 Å². The Bertz CT molecular complexity index is 505. The van der Waals surface area contributed by atoms with Gasteiger partial charge >= 0.3 is 5.97 Å². The van der Waals surface area contributed by atoms with E-state index in [9.17, 15) is 4.79 Å². The zero-order chi connectivity index (χ0) is 11.5. The Morgan fingerprint density at radius 3 is 2.88 bits per heavy atom. The third kappa shape index (κ3) is 1.79. The van der Waals surface area contributed by atoms with Crippen LogP contribution < -0.4 is 0 Å². The lowest BCUT2D eigenvalue weighted by atomic mass is 10.2. The molecule has 0 unspecified atom stereocenters. The van der Waals surface area contributed by atoms with Crippen LogP contribution in [0.3, 0.4) is 0 Å². The van der Waals surface area contributed by atoms with Crippen LogP contribution in [-0.2, 0) is 4.74 Å². The molecule has 0 radical (unpaired) electrons. The molecular formula is C11H11N3O2. The second kappa shape index (κ2) is 4.14. The number of H-pyrrole nitrogens is 1. The topological polar surface area (TPSA) is 67.9 Å². The van der Waals surface area contributed by atoms with E-state index in [0.717, 1.165) is 11.4 Å². The van der Waals surface area contributed by atoms with Gasteiger partial charge in [0.25, 0.3) is 0 Å². The first-order valence-electron chi connectivity index (χ1n) is 4.78. The van der Waals surface area contributed by atoms with Crippen LogP contribution in [-0.4, -0.2) is 28.0 Å². The lowest BCUT2D eigenvalue weighted by Gasteiger charge is -1.95. The van der Waals surface area contributed by atoms with Crippen molar-refractivity contribution >= 4 is 5.97 Å². The second-order valence-corrected chi connectivity index (χ2v) is 3.27. The largest absolute Gasteiger partial charge is 0.463 e. The fourth-order valence-corrected chi connectivity index (χ4v) is 1.41. The fraction of sp³-hybridized carbons (Fsp3) is 0.182. The Labute approximate surface area is 92.5 Å². The van der Waals surface area contributed by atoms with E-state index >= 15 is 0 Å². The molecule has 0 aliphatic heterocycles. The summed E-state index contributed by atoms with van der Waals surface area (Å²) in [5.74, 6) is -0.286. The summed E-state index contributed by atoms with van der Waals surface area (Å²) in [6.45, 7) is 1.84. The highest BCUT2D eigenvalue weighted by molar-refractivity contribution is 5.86. The molecule has 2 aromatic rings. The Morgan fingerprint density at radius 2 is 2.25 bits per heavy atom. The summed E-state index contributed by atoms with van der Waals surface area (Å²) in [5, 5.41) is 0. The SMILES string of the molecule is COC(=O)c1nc(-c2ccccn2)c(C)[nH]1. The minimum absolute atomic E-state index is 0.195. The van der Waals surface area contributed by atoms with Gasteiger partial charge < -0.3 is 9.72 Å². The molecule has 82 valence electrons. The average molecular weight is 217 g/mol. The van der Waals surface area contributed by atoms with Gasteiger partial charge in [-0.3, -0.25) is 4.98 Å². The number of carbonyl (C=O) groups excluding carboxylic acids is 1. The van der Waals surface area contributed by atoms with E-state index in [0.29, 0.717) is 5.69 Å². The van der Waals surface area contributed by atoms with E-state index in [4.69, 9.17) is 0 Å². The van der Waals surface area contributed by atoms with E-state index < -0.39 is 5.97 Å². The molecule has 0 atom stereocenters. The van der Waals surface area contributed by atoms with Crippen LogP contribution in [0.25, 0.3) is 11.4 Å². The van der Waals surface area contributed by atoms with Crippen molar-refractivity contribution in [1.82, 2.24) is 15.0 Å². The van der Waals surface area contributed by atoms with Gasteiger partial charge in [0.1, 0.15) is 5.69 Å². The van der Waals surface area contributed by atoms with Crippen LogP contribution in [0, 0.1) is 6.92 Å². The number of hydrogen-bond donors (Lipinski definition) is 1. The second-order valence-electron chi connectivity index (χ2n) is 3.27. The summed E-state index contributed by atoms with van der Waals surface area (Å²) in [6, 6.07) is 5.53. The number of nitrogens with zero attached hydrogens (tertiary/aromatic N) is 2. The first-order valence-corrected chi connectivity index (χ1v) is 4.78. The standard InChI is InChI=1S/C11H11N3O2/c1-7-9(8-5-3-4-6-12-8)14-10(13-7)11(15)16-2/h3-6H,1-2H3,(H,13,14). The highest BCUT2D eigenvalue weighted by atomic mass is 16.5. The van der Waals surface area contributed by atoms with Crippen LogP contribution in [0.5, 0.6) is 0 Å². The summed E-state index contributed by atoms with van der Waals surface area (Å²) in [4.78, 5) is 22.5. The molecule has 2 aromatic heterocycles. The number of pyridine rings is 1. The molecule has 1 N–H and O–H groups in total. The summed E-state index contributed by atoms with van der Waals surface area (Å²) in [7, 11) is 1.32. The van der Waals surface area contributed by atoms with E-state index in [1.807, 2.05) is 25.1 Å². The number of methoxy groups -OCH3 is 1. The molecule has 0 amide bonds. The summed E-state index contributed by atoms with van der Waals surface area (Å²) in [6.07, 6.45) is 1.68. The number of aryl methyl sites for hydroxylation is 1. The first kappa shape index (κ1) is 10.4. The van der Waals surface area contributed by atoms with Gasteiger partial charge in [-0.15, -0.1) is 0 Å². The number of ether oxygens (including phenoxy) is 1. The van der Waals surface area contributed by atoms with Gasteiger partial charge in [0.2, 0.25) is 5.82 Å². The Hall–Kier alpha value is -2.17. The van der Waals surface area contributed by atoms with Crippen LogP contribution in [0.4, 0.5) is 0 Å². The Morgan fingerprint density at radius 1 is 1.44 bits per heavy atom. The maximum absolute atomic E-state index is 11.3. The van der Waals surface area contributed by atoms with E-state index in [1.54, 1.807) is 6.20 Å². The van der Waals surface area contributed by atoms with Gasteiger partial charge in [-0.05, 0) is 19.1 Å². The first-order chi connectivity index (χ1) is 7.72. The number of carbonyl (C=O) groups is 1. The summed E-state index contributed by atoms with van der Waals surface area (Å²) in [5.41, 5.74) is 2.19. The van der Waals surface area contributed by atoms with Crippen molar-refractivity contribution in [3.63, 3.8) is 0 Å². The monoisotopic (exact) mass is 217 g/mol. The molecule has 0 aliphatic carbocycles. The molecule has 0 aliphatic rings. The van der Waals surface area contributed by atoms with E-state index in [-0.39, 0.29) is 5.82 Å². The third-order valence-electron chi connectivity index (χ3n) is 2.17. The number of rotatable bonds is 2. The lowest BCUT2D eigenvalue weighted by molar-refractivity contribution is 0.0588. The molecular weight excluding hydrogens is 206 g/mol. The van der Waals surface area contributed by atoms with Crippen molar-refractivity contribution in [2.45, 2.75) is 6.92 Å². The minimum Gasteiger partial charge on any atom is -0.463 e. The molecule has 2 rings (SSSR count). The number of aromatic nitrogens is 3. The zero-order valence-corrected chi connectivity index (χ0v) is 9.02. The Balaban J connectivity index is 2.44. The normalized spacial score (nSPS) is 10.1. The molecule has 0 fully saturated rings. The predicted molar refractivity (Wildman–Crippen MR) is 57.9 cm³/mol. The molecule has 5 heteroatoms. The number of nitrogens with one attached hydrogen (secondary N) is 1. The number of esters is 1. The zero-order valence-electron chi connectivity index (χ0n) is 9.02. The van der Waals surface area contributed by atoms with Crippen LogP contribution in [0.2, 0.25) is 0 Å². The van der Waals surface area contributed by atoms with Crippen molar-refractivity contribution < 1.29 is 9.53 Å². The maximum Gasteiger partial charge on any atom is 0.374 e. The molecule has 2 heterocycles. The molecule has 0 aromatic carbocycles. The van der Waals surface area contributed by atoms with Gasteiger partial charge in [-0.1, -0.05) is 6.07 Å². The third-order valence-corrected chi connectivity index (χ3v) is 2.17. The predicted octanol–water partition coefficient (Wildman–Crippen LogP) is 1.57. The smallest absolute Gasteiger partial charge is 0.374 e. The van der Waals surface area contributed by atoms with E-state index in [2.05, 4.69) is 19.7 Å². The van der Waals surface area contributed by atoms with Crippen molar-refractivity contribution in [1.29, 1.82) is 0 Å². The number of imidazole rings is 1. The molecule has 0 saturated carbocycles. The van der Waals surface area contributed by atoms with Gasteiger partial charge in [0, 0.05) is 11.9 Å². The van der Waals surface area contributed by atoms with Gasteiger partial charge in [-0.25, -0.2) is 9.78 Å². The fourth-order valence-electron chi connectivity index (χ4n) is 1.41. The van der Waals surface area contributed by atoms with Crippen LogP contribution >= 0.6 is 0 Å². The van der Waals surface area contributed by atoms with Gasteiger partial charge in [0.05, 0.1) is 12.8 Å². The maximum atomic E-state index is 11.3. The highest BCUT2D eigenvalue weighted by Crippen LogP contribution is 2.18. The van der Waals surface area contributed by atoms with E-state index in [1.165, 1.54) is 7.11 Å². The highest BCUT2D eigenvalue weighted by Gasteiger charge is 2.15. The number of hydrogen-bond acceptors (Lipinski definition) is 4. The average Bonchev–Trinajstić information content (AvgIpc) is 2.71.